The molecule has 2 N–H and O–H groups in total. The van der Waals surface area contributed by atoms with Gasteiger partial charge in [0.25, 0.3) is 5.91 Å². The van der Waals surface area contributed by atoms with Crippen LogP contribution in [0.25, 0.3) is 0 Å². The summed E-state index contributed by atoms with van der Waals surface area (Å²) in [5.74, 6) is -4.47. The first kappa shape index (κ1) is 35.9. The summed E-state index contributed by atoms with van der Waals surface area (Å²) >= 11 is 0. The zero-order valence-electron chi connectivity index (χ0n) is 27.7. The molecule has 0 spiro atoms. The number of ether oxygens (including phenoxy) is 3. The standard InChI is InChI=1S/C35H40F4N4O6/c1-35(2,46)19-42-11-9-20(10-12-42)29-15-24(48-4)16-30(41-29)43-18-26(31-27(36)13-23(47-3)14-28(31)37)25(33(43)45)17-40-32(44)21-5-7-22(8-6-21)49-34(38)39/h5-8,13-16,20,25-26,34,46H,9-12,17-19H2,1-4H3,(H,40,44)/t25?,26-/m1/s1. The minimum atomic E-state index is -3.03. The summed E-state index contributed by atoms with van der Waals surface area (Å²) < 4.78 is 70.9. The predicted octanol–water partition coefficient (Wildman–Crippen LogP) is 5.11. The number of nitrogens with one attached hydrogen (secondary N) is 1. The molecule has 49 heavy (non-hydrogen) atoms. The Bertz CT molecular complexity index is 1620. The minimum absolute atomic E-state index is 0.0308. The van der Waals surface area contributed by atoms with E-state index < -0.39 is 47.5 Å². The van der Waals surface area contributed by atoms with Gasteiger partial charge in [-0.3, -0.25) is 14.5 Å². The fraction of sp³-hybridized carbons (Fsp3) is 0.457. The Morgan fingerprint density at radius 1 is 1.00 bits per heavy atom. The van der Waals surface area contributed by atoms with E-state index in [0.717, 1.165) is 38.1 Å². The van der Waals surface area contributed by atoms with Crippen LogP contribution in [-0.4, -0.2) is 86.0 Å². The zero-order valence-corrected chi connectivity index (χ0v) is 27.7. The first-order chi connectivity index (χ1) is 23.3. The molecule has 3 heterocycles. The summed E-state index contributed by atoms with van der Waals surface area (Å²) in [6.07, 6.45) is 1.52. The van der Waals surface area contributed by atoms with Crippen LogP contribution in [0, 0.1) is 17.6 Å². The summed E-state index contributed by atoms with van der Waals surface area (Å²) in [6.45, 7) is 2.11. The van der Waals surface area contributed by atoms with E-state index in [1.165, 1.54) is 43.4 Å². The van der Waals surface area contributed by atoms with Gasteiger partial charge in [0.05, 0.1) is 25.7 Å². The van der Waals surface area contributed by atoms with Gasteiger partial charge in [-0.05, 0) is 64.0 Å². The summed E-state index contributed by atoms with van der Waals surface area (Å²) in [5.41, 5.74) is -0.336. The molecular weight excluding hydrogens is 648 g/mol. The normalized spacial score (nSPS) is 19.0. The molecule has 14 heteroatoms. The fourth-order valence-electron chi connectivity index (χ4n) is 6.55. The fourth-order valence-corrected chi connectivity index (χ4v) is 6.55. The van der Waals surface area contributed by atoms with E-state index >= 15 is 8.78 Å². The average Bonchev–Trinajstić information content (AvgIpc) is 3.37. The van der Waals surface area contributed by atoms with Crippen LogP contribution >= 0.6 is 0 Å². The maximum Gasteiger partial charge on any atom is 0.387 e. The first-order valence-corrected chi connectivity index (χ1v) is 15.9. The third-order valence-corrected chi connectivity index (χ3v) is 8.87. The van der Waals surface area contributed by atoms with Crippen molar-refractivity contribution in [2.45, 2.75) is 50.7 Å². The van der Waals surface area contributed by atoms with E-state index in [-0.39, 0.29) is 47.5 Å². The van der Waals surface area contributed by atoms with E-state index in [4.69, 9.17) is 14.5 Å². The van der Waals surface area contributed by atoms with Gasteiger partial charge in [0.15, 0.2) is 0 Å². The van der Waals surface area contributed by atoms with E-state index in [0.29, 0.717) is 18.0 Å². The number of anilines is 1. The highest BCUT2D eigenvalue weighted by Gasteiger charge is 2.45. The molecule has 264 valence electrons. The van der Waals surface area contributed by atoms with E-state index in [9.17, 15) is 23.5 Å². The maximum absolute atomic E-state index is 15.5. The van der Waals surface area contributed by atoms with E-state index in [1.54, 1.807) is 19.9 Å². The third kappa shape index (κ3) is 8.60. The third-order valence-electron chi connectivity index (χ3n) is 8.87. The second kappa shape index (κ2) is 15.0. The van der Waals surface area contributed by atoms with Crippen molar-refractivity contribution in [3.05, 3.63) is 77.0 Å². The maximum atomic E-state index is 15.5. The number of benzene rings is 2. The Hall–Kier alpha value is -4.43. The number of β-amino-alcohol motifs (C(OH)–C–C–N with tert-alkyl or cyclic N) is 1. The number of aliphatic hydroxyl groups is 1. The molecule has 1 aromatic heterocycles. The zero-order chi connectivity index (χ0) is 35.5. The molecule has 5 rings (SSSR count). The summed E-state index contributed by atoms with van der Waals surface area (Å²) in [7, 11) is 2.78. The number of nitrogens with zero attached hydrogens (tertiary/aromatic N) is 3. The SMILES string of the molecule is COc1cc(C2CCN(CC(C)(C)O)CC2)nc(N2C[C@@H](c3c(F)cc(OC)cc3F)C(CNC(=O)c3ccc(OC(F)F)cc3)C2=O)c1. The van der Waals surface area contributed by atoms with Crippen LogP contribution in [0.5, 0.6) is 17.2 Å². The number of likely N-dealkylation sites (tertiary alicyclic amines) is 1. The van der Waals surface area contributed by atoms with Crippen molar-refractivity contribution < 1.29 is 46.5 Å². The van der Waals surface area contributed by atoms with Crippen LogP contribution in [-0.2, 0) is 4.79 Å². The van der Waals surface area contributed by atoms with Gasteiger partial charge in [-0.25, -0.2) is 13.8 Å². The van der Waals surface area contributed by atoms with E-state index in [1.807, 2.05) is 6.07 Å². The summed E-state index contributed by atoms with van der Waals surface area (Å²) in [4.78, 5) is 35.5. The lowest BCUT2D eigenvalue weighted by Crippen LogP contribution is -2.42. The molecule has 2 aromatic carbocycles. The molecular formula is C35H40F4N4O6. The number of rotatable bonds is 12. The van der Waals surface area contributed by atoms with Crippen molar-refractivity contribution in [2.24, 2.45) is 5.92 Å². The highest BCUT2D eigenvalue weighted by molar-refractivity contribution is 5.99. The quantitative estimate of drug-likeness (QED) is 0.253. The first-order valence-electron chi connectivity index (χ1n) is 15.9. The number of piperidine rings is 1. The van der Waals surface area contributed by atoms with Crippen LogP contribution in [0.2, 0.25) is 0 Å². The number of hydrogen-bond acceptors (Lipinski definition) is 8. The number of halogens is 4. The summed E-state index contributed by atoms with van der Waals surface area (Å²) in [6, 6.07) is 10.5. The average molecular weight is 689 g/mol. The molecule has 2 saturated heterocycles. The molecule has 0 aliphatic carbocycles. The number of hydrogen-bond donors (Lipinski definition) is 2. The van der Waals surface area contributed by atoms with Gasteiger partial charge in [0.2, 0.25) is 5.91 Å². The monoisotopic (exact) mass is 688 g/mol. The van der Waals surface area contributed by atoms with Crippen LogP contribution in [0.15, 0.2) is 48.5 Å². The smallest absolute Gasteiger partial charge is 0.387 e. The van der Waals surface area contributed by atoms with Crippen LogP contribution in [0.3, 0.4) is 0 Å². The van der Waals surface area contributed by atoms with Gasteiger partial charge in [0.1, 0.15) is 34.7 Å². The molecule has 2 amide bonds. The van der Waals surface area contributed by atoms with Gasteiger partial charge in [-0.1, -0.05) is 0 Å². The lowest BCUT2D eigenvalue weighted by atomic mass is 9.87. The minimum Gasteiger partial charge on any atom is -0.497 e. The van der Waals surface area contributed by atoms with Crippen molar-refractivity contribution in [1.82, 2.24) is 15.2 Å². The molecule has 2 atom stereocenters. The highest BCUT2D eigenvalue weighted by atomic mass is 19.3. The molecule has 10 nitrogen and oxygen atoms in total. The Balaban J connectivity index is 1.41. The van der Waals surface area contributed by atoms with Crippen molar-refractivity contribution in [2.75, 3.05) is 51.8 Å². The Morgan fingerprint density at radius 2 is 1.61 bits per heavy atom. The second-order valence-electron chi connectivity index (χ2n) is 12.9. The highest BCUT2D eigenvalue weighted by Crippen LogP contribution is 2.41. The number of alkyl halides is 2. The largest absolute Gasteiger partial charge is 0.497 e. The lowest BCUT2D eigenvalue weighted by molar-refractivity contribution is -0.120. The number of pyridine rings is 1. The van der Waals surface area contributed by atoms with E-state index in [2.05, 4.69) is 15.0 Å². The number of methoxy groups -OCH3 is 2. The predicted molar refractivity (Wildman–Crippen MR) is 172 cm³/mol. The second-order valence-corrected chi connectivity index (χ2v) is 12.9. The van der Waals surface area contributed by atoms with Crippen molar-refractivity contribution >= 4 is 17.6 Å². The molecule has 3 aromatic rings. The van der Waals surface area contributed by atoms with Gasteiger partial charge in [-0.2, -0.15) is 8.78 Å². The van der Waals surface area contributed by atoms with Crippen LogP contribution in [0.1, 0.15) is 60.1 Å². The Morgan fingerprint density at radius 3 is 2.18 bits per heavy atom. The lowest BCUT2D eigenvalue weighted by Gasteiger charge is -2.35. The van der Waals surface area contributed by atoms with Gasteiger partial charge in [-0.15, -0.1) is 0 Å². The molecule has 0 bridgehead atoms. The number of aromatic nitrogens is 1. The molecule has 2 aliphatic rings. The topological polar surface area (TPSA) is 113 Å². The van der Waals surface area contributed by atoms with Gasteiger partial charge in [0, 0.05) is 72.6 Å². The molecule has 1 unspecified atom stereocenters. The molecule has 2 fully saturated rings. The van der Waals surface area contributed by atoms with Crippen molar-refractivity contribution in [3.8, 4) is 17.2 Å². The molecule has 2 aliphatic heterocycles. The van der Waals surface area contributed by atoms with Crippen LogP contribution < -0.4 is 24.4 Å². The van der Waals surface area contributed by atoms with Crippen molar-refractivity contribution in [3.63, 3.8) is 0 Å². The van der Waals surface area contributed by atoms with Crippen LogP contribution in [0.4, 0.5) is 23.4 Å². The Kier molecular flexibility index (Phi) is 11.0. The van der Waals surface area contributed by atoms with Gasteiger partial charge < -0.3 is 29.5 Å². The molecule has 0 saturated carbocycles. The number of carbonyl (C=O) groups is 2. The van der Waals surface area contributed by atoms with Crippen molar-refractivity contribution in [1.29, 1.82) is 0 Å². The summed E-state index contributed by atoms with van der Waals surface area (Å²) in [5, 5.41) is 12.9. The number of amides is 2. The number of carbonyl (C=O) groups excluding carboxylic acids is 2. The molecule has 0 radical (unpaired) electrons. The van der Waals surface area contributed by atoms with Gasteiger partial charge >= 0.3 is 6.61 Å². The Labute approximate surface area is 282 Å².